The van der Waals surface area contributed by atoms with Gasteiger partial charge in [0.25, 0.3) is 0 Å². The van der Waals surface area contributed by atoms with Crippen molar-refractivity contribution < 1.29 is 0 Å². The van der Waals surface area contributed by atoms with Crippen LogP contribution in [0.25, 0.3) is 10.4 Å². The molecule has 0 amide bonds. The molecule has 0 aliphatic heterocycles. The van der Waals surface area contributed by atoms with E-state index in [0.29, 0.717) is 5.54 Å². The molecule has 2 aromatic heterocycles. The first kappa shape index (κ1) is 12.4. The van der Waals surface area contributed by atoms with E-state index < -0.39 is 0 Å². The van der Waals surface area contributed by atoms with Crippen molar-refractivity contribution in [2.75, 3.05) is 0 Å². The van der Waals surface area contributed by atoms with Gasteiger partial charge in [0.1, 0.15) is 0 Å². The molecule has 0 saturated heterocycles. The Hall–Kier alpha value is -0.640. The van der Waals surface area contributed by atoms with Gasteiger partial charge in [-0.05, 0) is 55.5 Å². The Balaban J connectivity index is 1.63. The number of thiophene rings is 2. The van der Waals surface area contributed by atoms with Gasteiger partial charge >= 0.3 is 0 Å². The lowest BCUT2D eigenvalue weighted by Crippen LogP contribution is -2.40. The molecule has 2 aromatic rings. The zero-order chi connectivity index (χ0) is 12.6. The van der Waals surface area contributed by atoms with Gasteiger partial charge in [-0.2, -0.15) is 0 Å². The van der Waals surface area contributed by atoms with Crippen molar-refractivity contribution in [3.8, 4) is 10.4 Å². The van der Waals surface area contributed by atoms with Crippen LogP contribution in [0.4, 0.5) is 0 Å². The second kappa shape index (κ2) is 4.80. The van der Waals surface area contributed by atoms with Gasteiger partial charge in [0, 0.05) is 27.4 Å². The summed E-state index contributed by atoms with van der Waals surface area (Å²) in [5, 5.41) is 8.12. The van der Waals surface area contributed by atoms with Gasteiger partial charge in [-0.3, -0.25) is 0 Å². The first-order chi connectivity index (χ1) is 8.65. The first-order valence-corrected chi connectivity index (χ1v) is 8.27. The summed E-state index contributed by atoms with van der Waals surface area (Å²) >= 11 is 3.68. The average molecular weight is 277 g/mol. The highest BCUT2D eigenvalue weighted by Gasteiger charge is 2.37. The van der Waals surface area contributed by atoms with E-state index in [2.05, 4.69) is 48.1 Å². The molecule has 0 atom stereocenters. The molecule has 1 N–H and O–H groups in total. The molecule has 0 bridgehead atoms. The Labute approximate surface area is 117 Å². The summed E-state index contributed by atoms with van der Waals surface area (Å²) < 4.78 is 0. The predicted octanol–water partition coefficient (Wildman–Crippen LogP) is 4.75. The predicted molar refractivity (Wildman–Crippen MR) is 81.3 cm³/mol. The maximum absolute atomic E-state index is 3.71. The third-order valence-corrected chi connectivity index (χ3v) is 5.63. The van der Waals surface area contributed by atoms with Gasteiger partial charge in [-0.15, -0.1) is 22.7 Å². The van der Waals surface area contributed by atoms with Crippen LogP contribution in [-0.4, -0.2) is 5.54 Å². The van der Waals surface area contributed by atoms with Crippen LogP contribution in [0, 0.1) is 5.92 Å². The summed E-state index contributed by atoms with van der Waals surface area (Å²) in [5.41, 5.74) is 1.67. The highest BCUT2D eigenvalue weighted by molar-refractivity contribution is 7.14. The quantitative estimate of drug-likeness (QED) is 0.831. The van der Waals surface area contributed by atoms with Crippen LogP contribution in [0.2, 0.25) is 0 Å². The Morgan fingerprint density at radius 3 is 2.83 bits per heavy atom. The Morgan fingerprint density at radius 1 is 1.33 bits per heavy atom. The summed E-state index contributed by atoms with van der Waals surface area (Å²) in [6, 6.07) is 6.64. The van der Waals surface area contributed by atoms with E-state index >= 15 is 0 Å². The molecule has 0 spiro atoms. The minimum Gasteiger partial charge on any atom is -0.307 e. The lowest BCUT2D eigenvalue weighted by Gasteiger charge is -2.25. The van der Waals surface area contributed by atoms with Gasteiger partial charge in [0.15, 0.2) is 0 Å². The lowest BCUT2D eigenvalue weighted by atomic mass is 9.99. The van der Waals surface area contributed by atoms with Crippen molar-refractivity contribution in [3.05, 3.63) is 33.8 Å². The SMILES string of the molecule is CC(C)(NCc1cc(-c2cccs2)cs1)C1CC1. The van der Waals surface area contributed by atoms with Gasteiger partial charge in [-0.1, -0.05) is 6.07 Å². The molecule has 3 rings (SSSR count). The molecular formula is C15H19NS2. The molecule has 2 heterocycles. The molecule has 0 radical (unpaired) electrons. The molecule has 18 heavy (non-hydrogen) atoms. The molecule has 1 saturated carbocycles. The van der Waals surface area contributed by atoms with Crippen LogP contribution >= 0.6 is 22.7 Å². The Kier molecular flexibility index (Phi) is 3.31. The van der Waals surface area contributed by atoms with Crippen molar-refractivity contribution >= 4 is 22.7 Å². The molecule has 1 aliphatic carbocycles. The minimum absolute atomic E-state index is 0.299. The zero-order valence-electron chi connectivity index (χ0n) is 10.9. The number of nitrogens with one attached hydrogen (secondary N) is 1. The van der Waals surface area contributed by atoms with E-state index in [1.54, 1.807) is 0 Å². The second-order valence-electron chi connectivity index (χ2n) is 5.63. The topological polar surface area (TPSA) is 12.0 Å². The maximum atomic E-state index is 3.71. The molecule has 1 aliphatic rings. The highest BCUT2D eigenvalue weighted by Crippen LogP contribution is 2.39. The molecule has 3 heteroatoms. The second-order valence-corrected chi connectivity index (χ2v) is 7.57. The zero-order valence-corrected chi connectivity index (χ0v) is 12.5. The normalized spacial score (nSPS) is 16.1. The summed E-state index contributed by atoms with van der Waals surface area (Å²) in [5.74, 6) is 0.884. The van der Waals surface area contributed by atoms with Crippen molar-refractivity contribution in [1.82, 2.24) is 5.32 Å². The monoisotopic (exact) mass is 277 g/mol. The van der Waals surface area contributed by atoms with Crippen LogP contribution in [0.1, 0.15) is 31.6 Å². The molecule has 96 valence electrons. The fourth-order valence-corrected chi connectivity index (χ4v) is 3.92. The Bertz CT molecular complexity index is 506. The van der Waals surface area contributed by atoms with Crippen LogP contribution in [0.3, 0.4) is 0 Å². The molecule has 1 nitrogen and oxygen atoms in total. The van der Waals surface area contributed by atoms with Crippen LogP contribution in [0.15, 0.2) is 29.0 Å². The molecule has 0 aromatic carbocycles. The van der Waals surface area contributed by atoms with E-state index in [1.807, 2.05) is 22.7 Å². The third-order valence-electron chi connectivity index (χ3n) is 3.78. The smallest absolute Gasteiger partial charge is 0.0351 e. The molecule has 1 fully saturated rings. The van der Waals surface area contributed by atoms with E-state index in [1.165, 1.54) is 28.2 Å². The van der Waals surface area contributed by atoms with Gasteiger partial charge < -0.3 is 5.32 Å². The van der Waals surface area contributed by atoms with Crippen molar-refractivity contribution in [2.45, 2.75) is 38.8 Å². The summed E-state index contributed by atoms with van der Waals surface area (Å²) in [6.07, 6.45) is 2.79. The number of rotatable bonds is 5. The minimum atomic E-state index is 0.299. The largest absolute Gasteiger partial charge is 0.307 e. The van der Waals surface area contributed by atoms with Gasteiger partial charge in [0.2, 0.25) is 0 Å². The molecular weight excluding hydrogens is 258 g/mol. The van der Waals surface area contributed by atoms with Crippen LogP contribution < -0.4 is 5.32 Å². The van der Waals surface area contributed by atoms with E-state index in [-0.39, 0.29) is 0 Å². The van der Waals surface area contributed by atoms with Crippen LogP contribution in [0.5, 0.6) is 0 Å². The van der Waals surface area contributed by atoms with E-state index in [0.717, 1.165) is 12.5 Å². The van der Waals surface area contributed by atoms with Crippen molar-refractivity contribution in [3.63, 3.8) is 0 Å². The third kappa shape index (κ3) is 2.68. The van der Waals surface area contributed by atoms with Gasteiger partial charge in [-0.25, -0.2) is 0 Å². The van der Waals surface area contributed by atoms with Crippen LogP contribution in [-0.2, 0) is 6.54 Å². The first-order valence-electron chi connectivity index (χ1n) is 6.51. The maximum Gasteiger partial charge on any atom is 0.0351 e. The Morgan fingerprint density at radius 2 is 2.17 bits per heavy atom. The summed E-state index contributed by atoms with van der Waals surface area (Å²) in [6.45, 7) is 5.66. The van der Waals surface area contributed by atoms with E-state index in [9.17, 15) is 0 Å². The number of hydrogen-bond acceptors (Lipinski definition) is 3. The van der Waals surface area contributed by atoms with E-state index in [4.69, 9.17) is 0 Å². The fraction of sp³-hybridized carbons (Fsp3) is 0.467. The van der Waals surface area contributed by atoms with Gasteiger partial charge in [0.05, 0.1) is 0 Å². The van der Waals surface area contributed by atoms with Crippen molar-refractivity contribution in [1.29, 1.82) is 0 Å². The molecule has 0 unspecified atom stereocenters. The average Bonchev–Trinajstić information content (AvgIpc) is 2.91. The van der Waals surface area contributed by atoms with Crippen molar-refractivity contribution in [2.24, 2.45) is 5.92 Å². The highest BCUT2D eigenvalue weighted by atomic mass is 32.1. The summed E-state index contributed by atoms with van der Waals surface area (Å²) in [4.78, 5) is 2.81. The lowest BCUT2D eigenvalue weighted by molar-refractivity contribution is 0.341. The summed E-state index contributed by atoms with van der Waals surface area (Å²) in [7, 11) is 0. The number of hydrogen-bond donors (Lipinski definition) is 1. The standard InChI is InChI=1S/C15H19NS2/c1-15(2,12-5-6-12)16-9-13-8-11(10-18-13)14-4-3-7-17-14/h3-4,7-8,10,12,16H,5-6,9H2,1-2H3. The fourth-order valence-electron chi connectivity index (χ4n) is 2.31.